The molecule has 1 atom stereocenters. The van der Waals surface area contributed by atoms with E-state index in [1.54, 1.807) is 16.9 Å². The lowest BCUT2D eigenvalue weighted by Gasteiger charge is -2.19. The van der Waals surface area contributed by atoms with Gasteiger partial charge in [0.25, 0.3) is 5.91 Å². The SMILES string of the molecule is CC(C)n1ncc2cc(F)c(Nc3ncc(C(=O)NCCO)c(N[Si]4c5ccccc5CC4O)n3)cc21. The Balaban J connectivity index is 1.50. The van der Waals surface area contributed by atoms with Gasteiger partial charge >= 0.3 is 0 Å². The van der Waals surface area contributed by atoms with Gasteiger partial charge in [-0.05, 0) is 43.2 Å². The molecule has 10 nitrogen and oxygen atoms in total. The number of nitrogens with one attached hydrogen (secondary N) is 3. The fourth-order valence-corrected chi connectivity index (χ4v) is 6.73. The van der Waals surface area contributed by atoms with Crippen LogP contribution in [-0.4, -0.2) is 63.7 Å². The summed E-state index contributed by atoms with van der Waals surface area (Å²) in [5.41, 5.74) is 1.50. The Morgan fingerprint density at radius 2 is 2.08 bits per heavy atom. The van der Waals surface area contributed by atoms with Crippen molar-refractivity contribution >= 4 is 48.4 Å². The number of aliphatic hydroxyl groups excluding tert-OH is 2. The van der Waals surface area contributed by atoms with Crippen LogP contribution in [0.2, 0.25) is 0 Å². The molecule has 1 amide bonds. The normalized spacial score (nSPS) is 15.2. The Morgan fingerprint density at radius 1 is 1.27 bits per heavy atom. The van der Waals surface area contributed by atoms with Crippen LogP contribution in [0.3, 0.4) is 0 Å². The van der Waals surface area contributed by atoms with E-state index >= 15 is 0 Å². The maximum absolute atomic E-state index is 14.9. The Morgan fingerprint density at radius 3 is 2.86 bits per heavy atom. The molecule has 12 heteroatoms. The lowest BCUT2D eigenvalue weighted by molar-refractivity contribution is 0.0945. The van der Waals surface area contributed by atoms with Crippen molar-refractivity contribution in [1.29, 1.82) is 0 Å². The third-order valence-electron chi connectivity index (χ3n) is 6.16. The Bertz CT molecular complexity index is 1460. The zero-order valence-electron chi connectivity index (χ0n) is 20.4. The molecule has 1 radical (unpaired) electrons. The molecule has 0 fully saturated rings. The molecule has 191 valence electrons. The summed E-state index contributed by atoms with van der Waals surface area (Å²) in [5.74, 6) is -0.671. The molecule has 0 saturated heterocycles. The first-order valence-corrected chi connectivity index (χ1v) is 13.5. The lowest BCUT2D eigenvalue weighted by atomic mass is 10.2. The lowest BCUT2D eigenvalue weighted by Crippen LogP contribution is -2.45. The Labute approximate surface area is 214 Å². The van der Waals surface area contributed by atoms with E-state index in [-0.39, 0.29) is 42.2 Å². The number of aliphatic hydroxyl groups is 2. The van der Waals surface area contributed by atoms with E-state index in [1.807, 2.05) is 38.1 Å². The average Bonchev–Trinajstić information content (AvgIpc) is 3.43. The number of hydrogen-bond acceptors (Lipinski definition) is 8. The van der Waals surface area contributed by atoms with E-state index in [0.29, 0.717) is 11.8 Å². The largest absolute Gasteiger partial charge is 0.395 e. The quantitative estimate of drug-likeness (QED) is 0.222. The van der Waals surface area contributed by atoms with E-state index in [4.69, 9.17) is 5.11 Å². The van der Waals surface area contributed by atoms with Crippen LogP contribution in [0.1, 0.15) is 35.8 Å². The molecular weight excluding hydrogens is 493 g/mol. The van der Waals surface area contributed by atoms with Crippen molar-refractivity contribution in [3.05, 3.63) is 65.7 Å². The standard InChI is InChI=1S/C25H27FN7O3Si/c1-14(2)33-20-11-19(18(26)9-16(20)12-29-33)30-25-28-13-17(24(36)27-7-8-34)23(31-25)32-37-21-6-4-3-5-15(21)10-22(37)35/h3-6,9,11-14,22,34-35H,7-8,10H2,1-2H3,(H,27,36)(H2,28,30,31,32). The number of anilines is 3. The summed E-state index contributed by atoms with van der Waals surface area (Å²) >= 11 is 0. The molecule has 5 rings (SSSR count). The van der Waals surface area contributed by atoms with E-state index in [1.165, 1.54) is 12.3 Å². The van der Waals surface area contributed by atoms with Crippen LogP contribution in [0.25, 0.3) is 10.9 Å². The highest BCUT2D eigenvalue weighted by atomic mass is 28.3. The molecule has 2 aromatic carbocycles. The number of amides is 1. The monoisotopic (exact) mass is 520 g/mol. The number of halogens is 1. The average molecular weight is 521 g/mol. The van der Waals surface area contributed by atoms with Gasteiger partial charge in [0.2, 0.25) is 14.9 Å². The van der Waals surface area contributed by atoms with E-state index in [2.05, 4.69) is 30.7 Å². The molecule has 0 bridgehead atoms. The van der Waals surface area contributed by atoms with Gasteiger partial charge in [0.15, 0.2) is 0 Å². The van der Waals surface area contributed by atoms with Crippen LogP contribution in [0.5, 0.6) is 0 Å². The molecule has 4 aromatic rings. The smallest absolute Gasteiger partial charge is 0.256 e. The first kappa shape index (κ1) is 24.8. The van der Waals surface area contributed by atoms with Crippen LogP contribution in [0, 0.1) is 5.82 Å². The third kappa shape index (κ3) is 4.90. The summed E-state index contributed by atoms with van der Waals surface area (Å²) in [6.45, 7) is 3.83. The zero-order valence-corrected chi connectivity index (χ0v) is 21.4. The van der Waals surface area contributed by atoms with Crippen LogP contribution < -0.4 is 20.8 Å². The van der Waals surface area contributed by atoms with Crippen molar-refractivity contribution in [2.45, 2.75) is 32.0 Å². The van der Waals surface area contributed by atoms with E-state index < -0.39 is 26.4 Å². The molecule has 2 aromatic heterocycles. The number of carbonyl (C=O) groups is 1. The fourth-order valence-electron chi connectivity index (χ4n) is 4.39. The molecule has 0 spiro atoms. The minimum atomic E-state index is -1.73. The summed E-state index contributed by atoms with van der Waals surface area (Å²) in [6.07, 6.45) is 3.47. The number of nitrogens with zero attached hydrogens (tertiary/aromatic N) is 4. The van der Waals surface area contributed by atoms with E-state index in [0.717, 1.165) is 16.3 Å². The second-order valence-electron chi connectivity index (χ2n) is 9.05. The molecule has 37 heavy (non-hydrogen) atoms. The van der Waals surface area contributed by atoms with Gasteiger partial charge in [0.1, 0.15) is 11.6 Å². The van der Waals surface area contributed by atoms with Crippen LogP contribution in [0.4, 0.5) is 21.8 Å². The fraction of sp³-hybridized carbons (Fsp3) is 0.280. The van der Waals surface area contributed by atoms with Crippen molar-refractivity contribution in [3.8, 4) is 0 Å². The number of aromatic nitrogens is 4. The zero-order chi connectivity index (χ0) is 26.1. The van der Waals surface area contributed by atoms with Crippen LogP contribution in [-0.2, 0) is 6.42 Å². The van der Waals surface area contributed by atoms with Gasteiger partial charge in [-0.25, -0.2) is 9.37 Å². The highest BCUT2D eigenvalue weighted by Gasteiger charge is 2.35. The molecule has 1 aliphatic rings. The predicted octanol–water partition coefficient (Wildman–Crippen LogP) is 1.78. The summed E-state index contributed by atoms with van der Waals surface area (Å²) in [4.78, 5) is 24.8. The molecule has 3 heterocycles. The minimum Gasteiger partial charge on any atom is -0.395 e. The molecular formula is C25H27FN7O3Si. The van der Waals surface area contributed by atoms with Crippen molar-refractivity contribution in [3.63, 3.8) is 0 Å². The first-order valence-electron chi connectivity index (χ1n) is 12.0. The van der Waals surface area contributed by atoms with Crippen molar-refractivity contribution < 1.29 is 19.4 Å². The predicted molar refractivity (Wildman–Crippen MR) is 140 cm³/mol. The number of carbonyl (C=O) groups excluding carboxylic acids is 1. The van der Waals surface area contributed by atoms with Crippen LogP contribution >= 0.6 is 0 Å². The second-order valence-corrected chi connectivity index (χ2v) is 11.3. The molecule has 5 N–H and O–H groups in total. The van der Waals surface area contributed by atoms with Gasteiger partial charge in [0, 0.05) is 24.2 Å². The summed E-state index contributed by atoms with van der Waals surface area (Å²) in [5, 5.41) is 31.4. The van der Waals surface area contributed by atoms with Gasteiger partial charge in [-0.3, -0.25) is 9.48 Å². The summed E-state index contributed by atoms with van der Waals surface area (Å²) in [6, 6.07) is 10.9. The number of fused-ring (bicyclic) bond motifs is 2. The molecule has 1 aliphatic heterocycles. The van der Waals surface area contributed by atoms with E-state index in [9.17, 15) is 14.3 Å². The minimum absolute atomic E-state index is 0.0658. The highest BCUT2D eigenvalue weighted by Crippen LogP contribution is 2.27. The number of benzene rings is 2. The highest BCUT2D eigenvalue weighted by molar-refractivity contribution is 6.78. The molecule has 0 saturated carbocycles. The summed E-state index contributed by atoms with van der Waals surface area (Å²) in [7, 11) is -1.73. The maximum Gasteiger partial charge on any atom is 0.256 e. The van der Waals surface area contributed by atoms with Gasteiger partial charge in [-0.2, -0.15) is 10.1 Å². The third-order valence-corrected chi connectivity index (χ3v) is 8.60. The Kier molecular flexibility index (Phi) is 6.87. The number of hydrogen-bond donors (Lipinski definition) is 5. The first-order chi connectivity index (χ1) is 17.9. The maximum atomic E-state index is 14.9. The Hall–Kier alpha value is -3.87. The molecule has 0 aliphatic carbocycles. The van der Waals surface area contributed by atoms with Crippen molar-refractivity contribution in [1.82, 2.24) is 25.1 Å². The van der Waals surface area contributed by atoms with Gasteiger partial charge < -0.3 is 25.8 Å². The topological polar surface area (TPSA) is 137 Å². The summed E-state index contributed by atoms with van der Waals surface area (Å²) < 4.78 is 16.7. The van der Waals surface area contributed by atoms with Crippen molar-refractivity contribution in [2.75, 3.05) is 23.5 Å². The van der Waals surface area contributed by atoms with Gasteiger partial charge in [-0.1, -0.05) is 24.3 Å². The second kappa shape index (κ2) is 10.2. The van der Waals surface area contributed by atoms with Gasteiger partial charge in [-0.15, -0.1) is 0 Å². The van der Waals surface area contributed by atoms with Gasteiger partial charge in [0.05, 0.1) is 35.3 Å². The number of rotatable bonds is 8. The van der Waals surface area contributed by atoms with Crippen molar-refractivity contribution in [2.24, 2.45) is 0 Å². The van der Waals surface area contributed by atoms with Crippen LogP contribution in [0.15, 0.2) is 48.8 Å². The molecule has 1 unspecified atom stereocenters.